The number of nitrogens with zero attached hydrogens (tertiary/aromatic N) is 1. The van der Waals surface area contributed by atoms with Crippen molar-refractivity contribution in [2.75, 3.05) is 20.8 Å². The summed E-state index contributed by atoms with van der Waals surface area (Å²) >= 11 is 5.48. The van der Waals surface area contributed by atoms with Gasteiger partial charge in [-0.05, 0) is 42.9 Å². The van der Waals surface area contributed by atoms with Crippen LogP contribution in [0.25, 0.3) is 10.8 Å². The summed E-state index contributed by atoms with van der Waals surface area (Å²) in [5, 5.41) is 5.91. The van der Waals surface area contributed by atoms with E-state index in [1.54, 1.807) is 18.9 Å². The lowest BCUT2D eigenvalue weighted by Crippen LogP contribution is -2.46. The zero-order valence-electron chi connectivity index (χ0n) is 15.3. The van der Waals surface area contributed by atoms with E-state index in [9.17, 15) is 4.79 Å². The smallest absolute Gasteiger partial charge is 0.338 e. The highest BCUT2D eigenvalue weighted by Crippen LogP contribution is 2.39. The zero-order chi connectivity index (χ0) is 18.8. The van der Waals surface area contributed by atoms with Crippen LogP contribution in [0.5, 0.6) is 5.75 Å². The summed E-state index contributed by atoms with van der Waals surface area (Å²) < 4.78 is 10.9. The summed E-state index contributed by atoms with van der Waals surface area (Å²) in [6.07, 6.45) is 0. The van der Waals surface area contributed by atoms with E-state index in [0.717, 1.165) is 22.0 Å². The van der Waals surface area contributed by atoms with Crippen LogP contribution in [0.15, 0.2) is 47.7 Å². The van der Waals surface area contributed by atoms with Gasteiger partial charge in [0.25, 0.3) is 0 Å². The molecule has 1 aliphatic heterocycles. The molecular formula is C20H22N2O3S. The molecule has 136 valence electrons. The number of carbonyl (C=O) groups is 1. The second-order valence-electron chi connectivity index (χ2n) is 6.06. The van der Waals surface area contributed by atoms with E-state index in [-0.39, 0.29) is 5.97 Å². The molecule has 2 aromatic rings. The Morgan fingerprint density at radius 1 is 1.27 bits per heavy atom. The van der Waals surface area contributed by atoms with Gasteiger partial charge in [0.1, 0.15) is 5.75 Å². The van der Waals surface area contributed by atoms with Crippen LogP contribution in [0.4, 0.5) is 0 Å². The summed E-state index contributed by atoms with van der Waals surface area (Å²) in [5.74, 6) is 0.343. The lowest BCUT2D eigenvalue weighted by Gasteiger charge is -2.36. The molecule has 0 bridgehead atoms. The van der Waals surface area contributed by atoms with Gasteiger partial charge in [-0.1, -0.05) is 30.3 Å². The van der Waals surface area contributed by atoms with Crippen LogP contribution in [0.3, 0.4) is 0 Å². The summed E-state index contributed by atoms with van der Waals surface area (Å²) in [4.78, 5) is 14.5. The third-order valence-corrected chi connectivity index (χ3v) is 5.08. The van der Waals surface area contributed by atoms with Crippen molar-refractivity contribution >= 4 is 34.1 Å². The minimum atomic E-state index is -0.446. The standard InChI is InChI=1S/C20H22N2O3S/c1-5-25-19(23)16-12(2)22(3)20(26)21-18(16)17-14-9-7-6-8-13(14)10-11-15(17)24-4/h6-11,18H,5H2,1-4H3,(H,21,26). The van der Waals surface area contributed by atoms with Crippen molar-refractivity contribution in [2.45, 2.75) is 19.9 Å². The number of esters is 1. The number of thiocarbonyl (C=S) groups is 1. The molecule has 6 heteroatoms. The van der Waals surface area contributed by atoms with Crippen LogP contribution in [0.2, 0.25) is 0 Å². The number of rotatable bonds is 4. The largest absolute Gasteiger partial charge is 0.496 e. The Morgan fingerprint density at radius 3 is 2.69 bits per heavy atom. The van der Waals surface area contributed by atoms with Gasteiger partial charge in [0, 0.05) is 18.3 Å². The highest BCUT2D eigenvalue weighted by atomic mass is 32.1. The Balaban J connectivity index is 2.28. The molecule has 0 amide bonds. The Morgan fingerprint density at radius 2 is 2.00 bits per heavy atom. The van der Waals surface area contributed by atoms with Crippen LogP contribution in [0, 0.1) is 0 Å². The van der Waals surface area contributed by atoms with E-state index >= 15 is 0 Å². The number of carbonyl (C=O) groups excluding carboxylic acids is 1. The molecule has 2 aromatic carbocycles. The maximum absolute atomic E-state index is 12.7. The highest BCUT2D eigenvalue weighted by Gasteiger charge is 2.35. The number of methoxy groups -OCH3 is 1. The number of hydrogen-bond acceptors (Lipinski definition) is 4. The normalized spacial score (nSPS) is 17.3. The van der Waals surface area contributed by atoms with Crippen LogP contribution >= 0.6 is 12.2 Å². The van der Waals surface area contributed by atoms with E-state index in [0.29, 0.717) is 23.0 Å². The minimum Gasteiger partial charge on any atom is -0.496 e. The van der Waals surface area contributed by atoms with Crippen LogP contribution in [-0.2, 0) is 9.53 Å². The Kier molecular flexibility index (Phi) is 5.13. The number of nitrogens with one attached hydrogen (secondary N) is 1. The first-order chi connectivity index (χ1) is 12.5. The molecule has 0 spiro atoms. The SMILES string of the molecule is CCOC(=O)C1=C(C)N(C)C(=S)NC1c1c(OC)ccc2ccccc12. The second-order valence-corrected chi connectivity index (χ2v) is 6.45. The first-order valence-corrected chi connectivity index (χ1v) is 8.88. The molecule has 0 saturated carbocycles. The summed E-state index contributed by atoms with van der Waals surface area (Å²) in [5.41, 5.74) is 2.19. The monoisotopic (exact) mass is 370 g/mol. The predicted octanol–water partition coefficient (Wildman–Crippen LogP) is 3.55. The molecule has 3 rings (SSSR count). The van der Waals surface area contributed by atoms with Crippen molar-refractivity contribution in [3.63, 3.8) is 0 Å². The molecule has 0 aliphatic carbocycles. The fourth-order valence-corrected chi connectivity index (χ4v) is 3.53. The molecule has 0 radical (unpaired) electrons. The maximum atomic E-state index is 12.7. The third kappa shape index (κ3) is 3.01. The number of hydrogen-bond donors (Lipinski definition) is 1. The van der Waals surface area contributed by atoms with Crippen molar-refractivity contribution in [3.8, 4) is 5.75 Å². The summed E-state index contributed by atoms with van der Waals surface area (Å²) in [6.45, 7) is 3.99. The summed E-state index contributed by atoms with van der Waals surface area (Å²) in [6, 6.07) is 11.5. The lowest BCUT2D eigenvalue weighted by atomic mass is 9.90. The Hall–Kier alpha value is -2.60. The fourth-order valence-electron chi connectivity index (χ4n) is 3.28. The first-order valence-electron chi connectivity index (χ1n) is 8.47. The van der Waals surface area contributed by atoms with Gasteiger partial charge in [-0.3, -0.25) is 0 Å². The van der Waals surface area contributed by atoms with Gasteiger partial charge in [0.2, 0.25) is 0 Å². The molecule has 1 N–H and O–H groups in total. The van der Waals surface area contributed by atoms with Crippen LogP contribution in [0.1, 0.15) is 25.5 Å². The number of allylic oxidation sites excluding steroid dienone is 1. The highest BCUT2D eigenvalue weighted by molar-refractivity contribution is 7.80. The van der Waals surface area contributed by atoms with E-state index in [2.05, 4.69) is 5.32 Å². The van der Waals surface area contributed by atoms with Gasteiger partial charge in [-0.2, -0.15) is 0 Å². The van der Waals surface area contributed by atoms with Crippen molar-refractivity contribution < 1.29 is 14.3 Å². The van der Waals surface area contributed by atoms with Gasteiger partial charge in [-0.25, -0.2) is 4.79 Å². The van der Waals surface area contributed by atoms with Crippen molar-refractivity contribution in [2.24, 2.45) is 0 Å². The number of ether oxygens (including phenoxy) is 2. The Bertz CT molecular complexity index is 907. The van der Waals surface area contributed by atoms with E-state index in [1.807, 2.05) is 50.4 Å². The predicted molar refractivity (Wildman–Crippen MR) is 106 cm³/mol. The van der Waals surface area contributed by atoms with Crippen molar-refractivity contribution in [1.29, 1.82) is 0 Å². The van der Waals surface area contributed by atoms with E-state index < -0.39 is 6.04 Å². The van der Waals surface area contributed by atoms with Gasteiger partial charge in [-0.15, -0.1) is 0 Å². The molecule has 26 heavy (non-hydrogen) atoms. The third-order valence-electron chi connectivity index (χ3n) is 4.69. The molecule has 1 unspecified atom stereocenters. The number of benzene rings is 2. The molecule has 0 aromatic heterocycles. The molecule has 0 saturated heterocycles. The summed E-state index contributed by atoms with van der Waals surface area (Å²) in [7, 11) is 3.46. The molecular weight excluding hydrogens is 348 g/mol. The first kappa shape index (κ1) is 18.2. The van der Waals surface area contributed by atoms with Crippen molar-refractivity contribution in [3.05, 3.63) is 53.2 Å². The van der Waals surface area contributed by atoms with E-state index in [4.69, 9.17) is 21.7 Å². The topological polar surface area (TPSA) is 50.8 Å². The molecule has 0 fully saturated rings. The average molecular weight is 370 g/mol. The van der Waals surface area contributed by atoms with Gasteiger partial charge >= 0.3 is 5.97 Å². The maximum Gasteiger partial charge on any atom is 0.338 e. The molecule has 1 heterocycles. The second kappa shape index (κ2) is 7.33. The quantitative estimate of drug-likeness (QED) is 0.656. The van der Waals surface area contributed by atoms with Crippen LogP contribution in [-0.4, -0.2) is 36.7 Å². The molecule has 5 nitrogen and oxygen atoms in total. The fraction of sp³-hybridized carbons (Fsp3) is 0.300. The lowest BCUT2D eigenvalue weighted by molar-refractivity contribution is -0.139. The number of fused-ring (bicyclic) bond motifs is 1. The molecule has 1 aliphatic rings. The zero-order valence-corrected chi connectivity index (χ0v) is 16.1. The van der Waals surface area contributed by atoms with Gasteiger partial charge < -0.3 is 19.7 Å². The van der Waals surface area contributed by atoms with Gasteiger partial charge in [0.15, 0.2) is 5.11 Å². The van der Waals surface area contributed by atoms with Gasteiger partial charge in [0.05, 0.1) is 25.3 Å². The van der Waals surface area contributed by atoms with Crippen molar-refractivity contribution in [1.82, 2.24) is 10.2 Å². The van der Waals surface area contributed by atoms with E-state index in [1.165, 1.54) is 0 Å². The minimum absolute atomic E-state index is 0.309. The Labute approximate surface area is 158 Å². The van der Waals surface area contributed by atoms with Crippen LogP contribution < -0.4 is 10.1 Å². The molecule has 1 atom stereocenters. The average Bonchev–Trinajstić information content (AvgIpc) is 2.65.